The van der Waals surface area contributed by atoms with Crippen LogP contribution >= 0.6 is 0 Å². The van der Waals surface area contributed by atoms with E-state index in [1.807, 2.05) is 0 Å². The van der Waals surface area contributed by atoms with Crippen molar-refractivity contribution in [1.29, 1.82) is 0 Å². The molecule has 0 atom stereocenters. The van der Waals surface area contributed by atoms with E-state index in [2.05, 4.69) is 70.4 Å². The largest absolute Gasteiger partial charge is 0.314 e. The molecule has 0 aliphatic rings. The minimum Gasteiger partial charge on any atom is -0.314 e. The molecule has 1 aromatic rings. The van der Waals surface area contributed by atoms with Gasteiger partial charge in [-0.3, -0.25) is 0 Å². The molecule has 0 saturated heterocycles. The first-order valence-electron chi connectivity index (χ1n) is 6.75. The predicted molar refractivity (Wildman–Crippen MR) is 76.2 cm³/mol. The molecule has 0 heterocycles. The van der Waals surface area contributed by atoms with Gasteiger partial charge in [-0.25, -0.2) is 0 Å². The molecule has 1 nitrogen and oxygen atoms in total. The average molecular weight is 233 g/mol. The van der Waals surface area contributed by atoms with Gasteiger partial charge < -0.3 is 5.32 Å². The quantitative estimate of drug-likeness (QED) is 0.786. The molecule has 0 amide bonds. The molecule has 1 heteroatoms. The van der Waals surface area contributed by atoms with Crippen molar-refractivity contribution >= 4 is 0 Å². The van der Waals surface area contributed by atoms with Crippen LogP contribution in [0.5, 0.6) is 0 Å². The maximum atomic E-state index is 3.58. The second kappa shape index (κ2) is 6.20. The molecule has 0 spiro atoms. The molecule has 0 aromatic heterocycles. The fraction of sp³-hybridized carbons (Fsp3) is 0.625. The third-order valence-electron chi connectivity index (χ3n) is 4.20. The summed E-state index contributed by atoms with van der Waals surface area (Å²) in [6.07, 6.45) is 2.35. The molecule has 17 heavy (non-hydrogen) atoms. The highest BCUT2D eigenvalue weighted by Gasteiger charge is 2.34. The Bertz CT molecular complexity index is 306. The Hall–Kier alpha value is -0.820. The highest BCUT2D eigenvalue weighted by atomic mass is 15.0. The van der Waals surface area contributed by atoms with Gasteiger partial charge in [-0.15, -0.1) is 0 Å². The Kier molecular flexibility index (Phi) is 5.20. The number of rotatable bonds is 6. The van der Waals surface area contributed by atoms with Crippen molar-refractivity contribution in [3.05, 3.63) is 35.9 Å². The van der Waals surface area contributed by atoms with Gasteiger partial charge in [-0.05, 0) is 37.3 Å². The summed E-state index contributed by atoms with van der Waals surface area (Å²) in [5.74, 6) is 1.30. The zero-order valence-corrected chi connectivity index (χ0v) is 12.0. The second-order valence-electron chi connectivity index (χ2n) is 5.59. The summed E-state index contributed by atoms with van der Waals surface area (Å²) in [6, 6.07) is 10.8. The van der Waals surface area contributed by atoms with Crippen LogP contribution in [0.4, 0.5) is 0 Å². The summed E-state index contributed by atoms with van der Waals surface area (Å²) in [5.41, 5.74) is 1.68. The van der Waals surface area contributed by atoms with Crippen LogP contribution in [0.3, 0.4) is 0 Å². The van der Waals surface area contributed by atoms with Crippen LogP contribution in [-0.4, -0.2) is 12.6 Å². The van der Waals surface area contributed by atoms with Crippen LogP contribution in [-0.2, 0) is 6.42 Å². The van der Waals surface area contributed by atoms with Crippen LogP contribution in [0.25, 0.3) is 0 Å². The van der Waals surface area contributed by atoms with E-state index in [1.54, 1.807) is 0 Å². The Morgan fingerprint density at radius 2 is 1.53 bits per heavy atom. The second-order valence-corrected chi connectivity index (χ2v) is 5.59. The van der Waals surface area contributed by atoms with E-state index in [1.165, 1.54) is 12.0 Å². The van der Waals surface area contributed by atoms with Crippen LogP contribution in [0.1, 0.15) is 39.7 Å². The van der Waals surface area contributed by atoms with Crippen molar-refractivity contribution < 1.29 is 0 Å². The molecule has 0 saturated carbocycles. The molecule has 0 bridgehead atoms. The van der Waals surface area contributed by atoms with Crippen molar-refractivity contribution in [3.63, 3.8) is 0 Å². The fourth-order valence-corrected chi connectivity index (χ4v) is 2.94. The average Bonchev–Trinajstić information content (AvgIpc) is 2.31. The summed E-state index contributed by atoms with van der Waals surface area (Å²) >= 11 is 0. The van der Waals surface area contributed by atoms with Crippen LogP contribution in [0.15, 0.2) is 30.3 Å². The highest BCUT2D eigenvalue weighted by molar-refractivity contribution is 5.15. The van der Waals surface area contributed by atoms with Crippen molar-refractivity contribution in [2.75, 3.05) is 7.05 Å². The standard InChI is InChI=1S/C16H27N/c1-13(2)16(17-5,14(3)4)12-11-15-9-7-6-8-10-15/h6-10,13-14,17H,11-12H2,1-5H3. The van der Waals surface area contributed by atoms with E-state index >= 15 is 0 Å². The molecule has 96 valence electrons. The number of benzene rings is 1. The van der Waals surface area contributed by atoms with Crippen LogP contribution in [0, 0.1) is 11.8 Å². The predicted octanol–water partition coefficient (Wildman–Crippen LogP) is 3.89. The van der Waals surface area contributed by atoms with Gasteiger partial charge in [0.2, 0.25) is 0 Å². The van der Waals surface area contributed by atoms with Gasteiger partial charge in [-0.2, -0.15) is 0 Å². The van der Waals surface area contributed by atoms with Gasteiger partial charge in [-0.1, -0.05) is 58.0 Å². The Morgan fingerprint density at radius 1 is 1.00 bits per heavy atom. The molecule has 0 radical (unpaired) electrons. The summed E-state index contributed by atoms with van der Waals surface area (Å²) in [7, 11) is 2.10. The minimum atomic E-state index is 0.246. The number of hydrogen-bond acceptors (Lipinski definition) is 1. The van der Waals surface area contributed by atoms with E-state index < -0.39 is 0 Å². The molecule has 1 rings (SSSR count). The van der Waals surface area contributed by atoms with Gasteiger partial charge >= 0.3 is 0 Å². The van der Waals surface area contributed by atoms with E-state index in [0.717, 1.165) is 6.42 Å². The van der Waals surface area contributed by atoms with Crippen molar-refractivity contribution in [2.45, 2.75) is 46.1 Å². The minimum absolute atomic E-state index is 0.246. The van der Waals surface area contributed by atoms with E-state index in [9.17, 15) is 0 Å². The van der Waals surface area contributed by atoms with Gasteiger partial charge in [0.15, 0.2) is 0 Å². The lowest BCUT2D eigenvalue weighted by Gasteiger charge is -2.42. The monoisotopic (exact) mass is 233 g/mol. The van der Waals surface area contributed by atoms with E-state index in [4.69, 9.17) is 0 Å². The van der Waals surface area contributed by atoms with Crippen LogP contribution < -0.4 is 5.32 Å². The van der Waals surface area contributed by atoms with Crippen molar-refractivity contribution in [3.8, 4) is 0 Å². The molecular weight excluding hydrogens is 206 g/mol. The first-order valence-corrected chi connectivity index (χ1v) is 6.75. The first-order chi connectivity index (χ1) is 8.03. The third kappa shape index (κ3) is 3.32. The Labute approximate surface area is 107 Å². The summed E-state index contributed by atoms with van der Waals surface area (Å²) in [4.78, 5) is 0. The van der Waals surface area contributed by atoms with Crippen molar-refractivity contribution in [2.24, 2.45) is 11.8 Å². The van der Waals surface area contributed by atoms with E-state index in [-0.39, 0.29) is 5.54 Å². The Morgan fingerprint density at radius 3 is 1.94 bits per heavy atom. The molecule has 1 N–H and O–H groups in total. The van der Waals surface area contributed by atoms with Gasteiger partial charge in [0.05, 0.1) is 0 Å². The molecular formula is C16H27N. The fourth-order valence-electron chi connectivity index (χ4n) is 2.94. The summed E-state index contributed by atoms with van der Waals surface area (Å²) in [5, 5.41) is 3.58. The molecule has 0 fully saturated rings. The molecule has 1 aromatic carbocycles. The number of nitrogens with one attached hydrogen (secondary N) is 1. The zero-order valence-electron chi connectivity index (χ0n) is 12.0. The van der Waals surface area contributed by atoms with Gasteiger partial charge in [0.1, 0.15) is 0 Å². The topological polar surface area (TPSA) is 12.0 Å². The third-order valence-corrected chi connectivity index (χ3v) is 4.20. The molecule has 0 aliphatic heterocycles. The van der Waals surface area contributed by atoms with E-state index in [0.29, 0.717) is 11.8 Å². The summed E-state index contributed by atoms with van der Waals surface area (Å²) in [6.45, 7) is 9.28. The van der Waals surface area contributed by atoms with Gasteiger partial charge in [0.25, 0.3) is 0 Å². The zero-order chi connectivity index (χ0) is 12.9. The Balaban J connectivity index is 2.74. The lowest BCUT2D eigenvalue weighted by molar-refractivity contribution is 0.162. The maximum Gasteiger partial charge on any atom is 0.0227 e. The maximum absolute atomic E-state index is 3.58. The first kappa shape index (κ1) is 14.2. The lowest BCUT2D eigenvalue weighted by atomic mass is 9.73. The molecule has 0 aliphatic carbocycles. The van der Waals surface area contributed by atoms with Crippen LogP contribution in [0.2, 0.25) is 0 Å². The number of aryl methyl sites for hydroxylation is 1. The van der Waals surface area contributed by atoms with Crippen molar-refractivity contribution in [1.82, 2.24) is 5.32 Å². The molecule has 0 unspecified atom stereocenters. The smallest absolute Gasteiger partial charge is 0.0227 e. The number of hydrogen-bond donors (Lipinski definition) is 1. The SMILES string of the molecule is CNC(CCc1ccccc1)(C(C)C)C(C)C. The normalized spacial score (nSPS) is 12.4. The summed E-state index contributed by atoms with van der Waals surface area (Å²) < 4.78 is 0. The lowest BCUT2D eigenvalue weighted by Crippen LogP contribution is -2.52. The van der Waals surface area contributed by atoms with Gasteiger partial charge in [0, 0.05) is 5.54 Å². The highest BCUT2D eigenvalue weighted by Crippen LogP contribution is 2.30.